The molecule has 0 aliphatic carbocycles. The molecule has 7 nitrogen and oxygen atoms in total. The van der Waals surface area contributed by atoms with Crippen molar-refractivity contribution in [2.24, 2.45) is 4.99 Å². The zero-order valence-electron chi connectivity index (χ0n) is 19.9. The highest BCUT2D eigenvalue weighted by atomic mass is 35.5. The molecule has 3 aromatic carbocycles. The third-order valence-electron chi connectivity index (χ3n) is 6.65. The van der Waals surface area contributed by atoms with Crippen LogP contribution in [0.1, 0.15) is 21.6 Å². The summed E-state index contributed by atoms with van der Waals surface area (Å²) in [5.41, 5.74) is 2.92. The van der Waals surface area contributed by atoms with Crippen molar-refractivity contribution in [1.29, 1.82) is 0 Å². The molecule has 0 saturated carbocycles. The van der Waals surface area contributed by atoms with E-state index < -0.39 is 17.9 Å². The van der Waals surface area contributed by atoms with E-state index >= 15 is 4.39 Å². The summed E-state index contributed by atoms with van der Waals surface area (Å²) in [6, 6.07) is 21.2. The van der Waals surface area contributed by atoms with Gasteiger partial charge in [-0.25, -0.2) is 9.38 Å². The first-order valence-electron chi connectivity index (χ1n) is 11.7. The van der Waals surface area contributed by atoms with Gasteiger partial charge in [0.2, 0.25) is 6.17 Å². The predicted molar refractivity (Wildman–Crippen MR) is 144 cm³/mol. The van der Waals surface area contributed by atoms with Crippen LogP contribution in [0.25, 0.3) is 10.8 Å². The fourth-order valence-electron chi connectivity index (χ4n) is 4.87. The third-order valence-corrected chi connectivity index (χ3v) is 6.65. The molecule has 1 N–H and O–H groups in total. The van der Waals surface area contributed by atoms with Crippen molar-refractivity contribution < 1.29 is 14.0 Å². The minimum absolute atomic E-state index is 0. The number of hydrogen-bond donors (Lipinski definition) is 1. The van der Waals surface area contributed by atoms with E-state index in [0.717, 1.165) is 11.1 Å². The average molecular weight is 516 g/mol. The molecule has 3 heterocycles. The summed E-state index contributed by atoms with van der Waals surface area (Å²) in [5, 5.41) is 4.30. The Labute approximate surface area is 219 Å². The van der Waals surface area contributed by atoms with Crippen LogP contribution in [0.2, 0.25) is 0 Å². The van der Waals surface area contributed by atoms with E-state index in [1.54, 1.807) is 29.3 Å². The van der Waals surface area contributed by atoms with Gasteiger partial charge in [0.05, 0.1) is 17.1 Å². The number of likely N-dealkylation sites (N-methyl/N-ethyl adjacent to an activating group) is 1. The molecule has 0 bridgehead atoms. The fraction of sp³-hybridized carbons (Fsp3) is 0.143. The van der Waals surface area contributed by atoms with E-state index in [2.05, 4.69) is 20.2 Å². The van der Waals surface area contributed by atoms with Crippen LogP contribution in [0.15, 0.2) is 84.0 Å². The smallest absolute Gasteiger partial charge is 0.272 e. The van der Waals surface area contributed by atoms with Crippen molar-refractivity contribution in [3.63, 3.8) is 0 Å². The Morgan fingerprint density at radius 2 is 1.73 bits per heavy atom. The molecular weight excluding hydrogens is 493 g/mol. The molecule has 9 heteroatoms. The molecule has 0 spiro atoms. The molecule has 1 atom stereocenters. The van der Waals surface area contributed by atoms with Gasteiger partial charge in [0.1, 0.15) is 11.5 Å². The molecule has 1 aromatic heterocycles. The largest absolute Gasteiger partial charge is 0.371 e. The van der Waals surface area contributed by atoms with Gasteiger partial charge in [-0.15, -0.1) is 12.4 Å². The Bertz CT molecular complexity index is 1570. The minimum atomic E-state index is -1.25. The summed E-state index contributed by atoms with van der Waals surface area (Å²) >= 11 is 0. The number of hydrogen-bond acceptors (Lipinski definition) is 5. The molecular formula is C28H23ClFN5O2. The molecule has 2 aliphatic heterocycles. The maximum atomic E-state index is 15.0. The van der Waals surface area contributed by atoms with E-state index in [4.69, 9.17) is 0 Å². The van der Waals surface area contributed by atoms with E-state index in [9.17, 15) is 9.59 Å². The van der Waals surface area contributed by atoms with Crippen molar-refractivity contribution in [1.82, 2.24) is 10.3 Å². The second kappa shape index (κ2) is 9.63. The highest BCUT2D eigenvalue weighted by Gasteiger charge is 2.37. The summed E-state index contributed by atoms with van der Waals surface area (Å²) in [7, 11) is 1.95. The Morgan fingerprint density at radius 1 is 0.973 bits per heavy atom. The van der Waals surface area contributed by atoms with Crippen LogP contribution in [-0.2, 0) is 4.79 Å². The monoisotopic (exact) mass is 515 g/mol. The number of aromatic nitrogens is 1. The van der Waals surface area contributed by atoms with E-state index in [0.29, 0.717) is 35.4 Å². The molecule has 0 fully saturated rings. The number of nitrogens with zero attached hydrogens (tertiary/aromatic N) is 4. The lowest BCUT2D eigenvalue weighted by molar-refractivity contribution is -0.120. The van der Waals surface area contributed by atoms with Crippen LogP contribution >= 0.6 is 12.4 Å². The van der Waals surface area contributed by atoms with Gasteiger partial charge in [-0.3, -0.25) is 14.6 Å². The number of benzene rings is 3. The quantitative estimate of drug-likeness (QED) is 0.444. The summed E-state index contributed by atoms with van der Waals surface area (Å²) in [6.45, 7) is 1.03. The number of para-hydroxylation sites is 1. The Hall–Kier alpha value is -4.30. The maximum Gasteiger partial charge on any atom is 0.272 e. The van der Waals surface area contributed by atoms with Gasteiger partial charge in [-0.1, -0.05) is 48.5 Å². The second-order valence-electron chi connectivity index (χ2n) is 8.80. The van der Waals surface area contributed by atoms with Crippen LogP contribution < -0.4 is 15.1 Å². The highest BCUT2D eigenvalue weighted by molar-refractivity contribution is 6.22. The number of halogens is 2. The van der Waals surface area contributed by atoms with Crippen LogP contribution in [-0.4, -0.2) is 48.8 Å². The van der Waals surface area contributed by atoms with E-state index in [-0.39, 0.29) is 29.6 Å². The van der Waals surface area contributed by atoms with Crippen molar-refractivity contribution in [3.05, 3.63) is 102 Å². The molecule has 2 aliphatic rings. The van der Waals surface area contributed by atoms with Gasteiger partial charge in [-0.05, 0) is 29.7 Å². The molecule has 0 radical (unpaired) electrons. The highest BCUT2D eigenvalue weighted by Crippen LogP contribution is 2.39. The molecule has 0 saturated heterocycles. The van der Waals surface area contributed by atoms with Crippen LogP contribution in [0, 0.1) is 5.82 Å². The maximum absolute atomic E-state index is 15.0. The van der Waals surface area contributed by atoms with Gasteiger partial charge < -0.3 is 15.1 Å². The number of aliphatic imine (C=N–C) groups is 1. The predicted octanol–water partition coefficient (Wildman–Crippen LogP) is 4.19. The SMILES string of the molecule is CN1CCN2C(=O)C(NC(=O)c3nccc4ccccc34)N=C(c3ccccc3F)c3cccc1c32.Cl. The third kappa shape index (κ3) is 4.09. The van der Waals surface area contributed by atoms with Crippen molar-refractivity contribution in [2.75, 3.05) is 29.9 Å². The van der Waals surface area contributed by atoms with Crippen LogP contribution in [0.4, 0.5) is 15.8 Å². The summed E-state index contributed by atoms with van der Waals surface area (Å²) in [6.07, 6.45) is 0.305. The normalized spacial score (nSPS) is 16.4. The number of carbonyl (C=O) groups excluding carboxylic acids is 2. The van der Waals surface area contributed by atoms with Gasteiger partial charge in [0.15, 0.2) is 0 Å². The molecule has 186 valence electrons. The fourth-order valence-corrected chi connectivity index (χ4v) is 4.87. The Kier molecular flexibility index (Phi) is 6.35. The molecule has 2 amide bonds. The molecule has 4 aromatic rings. The van der Waals surface area contributed by atoms with Gasteiger partial charge in [-0.2, -0.15) is 0 Å². The first kappa shape index (κ1) is 24.4. The number of fused-ring (bicyclic) bond motifs is 1. The standard InChI is InChI=1S/C28H22FN5O2.ClH/c1-33-15-16-34-25-20(10-6-12-22(25)33)23(19-9-4-5-11-21(19)29)31-26(28(34)36)32-27(35)24-18-8-3-2-7-17(18)13-14-30-24;/h2-14,26H,15-16H2,1H3,(H,32,35);1H. The lowest BCUT2D eigenvalue weighted by Gasteiger charge is -2.36. The van der Waals surface area contributed by atoms with Crippen LogP contribution in [0.5, 0.6) is 0 Å². The summed E-state index contributed by atoms with van der Waals surface area (Å²) in [4.78, 5) is 39.8. The molecule has 6 rings (SSSR count). The topological polar surface area (TPSA) is 77.9 Å². The number of pyridine rings is 1. The van der Waals surface area contributed by atoms with Gasteiger partial charge in [0, 0.05) is 42.8 Å². The number of carbonyl (C=O) groups is 2. The minimum Gasteiger partial charge on any atom is -0.371 e. The zero-order valence-corrected chi connectivity index (χ0v) is 20.7. The average Bonchev–Trinajstić information content (AvgIpc) is 3.01. The molecule has 37 heavy (non-hydrogen) atoms. The van der Waals surface area contributed by atoms with Crippen molar-refractivity contribution in [2.45, 2.75) is 6.17 Å². The van der Waals surface area contributed by atoms with Crippen molar-refractivity contribution in [3.8, 4) is 0 Å². The number of rotatable bonds is 3. The number of amides is 2. The van der Waals surface area contributed by atoms with Gasteiger partial charge >= 0.3 is 0 Å². The van der Waals surface area contributed by atoms with Gasteiger partial charge in [0.25, 0.3) is 11.8 Å². The Morgan fingerprint density at radius 3 is 2.57 bits per heavy atom. The van der Waals surface area contributed by atoms with Crippen LogP contribution in [0.3, 0.4) is 0 Å². The number of nitrogens with one attached hydrogen (secondary N) is 1. The number of anilines is 2. The summed E-state index contributed by atoms with van der Waals surface area (Å²) < 4.78 is 15.0. The second-order valence-corrected chi connectivity index (χ2v) is 8.80. The lowest BCUT2D eigenvalue weighted by atomic mass is 9.97. The first-order chi connectivity index (χ1) is 17.5. The molecule has 1 unspecified atom stereocenters. The van der Waals surface area contributed by atoms with Crippen molar-refractivity contribution >= 4 is 52.1 Å². The zero-order chi connectivity index (χ0) is 24.8. The van der Waals surface area contributed by atoms with E-state index in [1.807, 2.05) is 55.6 Å². The van der Waals surface area contributed by atoms with E-state index in [1.165, 1.54) is 6.07 Å². The Balaban J connectivity index is 0.00000280. The lowest BCUT2D eigenvalue weighted by Crippen LogP contribution is -2.51. The first-order valence-corrected chi connectivity index (χ1v) is 11.7. The summed E-state index contributed by atoms with van der Waals surface area (Å²) in [5.74, 6) is -1.36.